The molecular weight excluding hydrogens is 350 g/mol. The van der Waals surface area contributed by atoms with Crippen LogP contribution in [0.2, 0.25) is 0 Å². The molecule has 0 aromatic heterocycles. The van der Waals surface area contributed by atoms with Gasteiger partial charge in [-0.1, -0.05) is 55.1 Å². The molecule has 0 unspecified atom stereocenters. The topological polar surface area (TPSA) is 79.5 Å². The molecule has 2 aromatic carbocycles. The molecule has 134 valence electrons. The minimum atomic E-state index is -0.440. The molecule has 0 radical (unpaired) electrons. The Morgan fingerprint density at radius 3 is 2.46 bits per heavy atom. The second-order valence-electron chi connectivity index (χ2n) is 5.21. The van der Waals surface area contributed by atoms with Crippen LogP contribution in [0.25, 0.3) is 0 Å². The zero-order valence-electron chi connectivity index (χ0n) is 14.0. The summed E-state index contributed by atoms with van der Waals surface area (Å²) in [6, 6.07) is 16.0. The first kappa shape index (κ1) is 19.1. The summed E-state index contributed by atoms with van der Waals surface area (Å²) in [7, 11) is 0. The monoisotopic (exact) mass is 369 g/mol. The summed E-state index contributed by atoms with van der Waals surface area (Å²) in [5.74, 6) is -0.298. The van der Waals surface area contributed by atoms with E-state index in [9.17, 15) is 9.59 Å². The van der Waals surface area contributed by atoms with E-state index in [1.54, 1.807) is 30.3 Å². The van der Waals surface area contributed by atoms with E-state index in [2.05, 4.69) is 22.7 Å². The van der Waals surface area contributed by atoms with Gasteiger partial charge in [-0.25, -0.2) is 0 Å². The van der Waals surface area contributed by atoms with Crippen LogP contribution in [-0.4, -0.2) is 23.5 Å². The van der Waals surface area contributed by atoms with Crippen LogP contribution in [-0.2, 0) is 11.2 Å². The van der Waals surface area contributed by atoms with Gasteiger partial charge in [0.15, 0.2) is 5.11 Å². The Kier molecular flexibility index (Phi) is 7.32. The molecule has 3 N–H and O–H groups in total. The zero-order chi connectivity index (χ0) is 18.8. The number of carbonyl (C=O) groups is 2. The fraction of sp³-hybridized carbons (Fsp3) is 0.105. The maximum atomic E-state index is 12.3. The van der Waals surface area contributed by atoms with E-state index < -0.39 is 5.91 Å². The van der Waals surface area contributed by atoms with Gasteiger partial charge in [-0.3, -0.25) is 20.4 Å². The van der Waals surface area contributed by atoms with Crippen molar-refractivity contribution in [2.24, 2.45) is 0 Å². The molecule has 0 aliphatic rings. The molecule has 0 aliphatic carbocycles. The van der Waals surface area contributed by atoms with Gasteiger partial charge >= 0.3 is 0 Å². The number of hydrazine groups is 1. The SMILES string of the molecule is C=CCOc1ccccc1C(=O)NNC(=S)NC(=O)Cc1ccccc1. The fourth-order valence-corrected chi connectivity index (χ4v) is 2.26. The summed E-state index contributed by atoms with van der Waals surface area (Å²) in [4.78, 5) is 24.2. The van der Waals surface area contributed by atoms with Crippen molar-refractivity contribution in [3.63, 3.8) is 0 Å². The third-order valence-electron chi connectivity index (χ3n) is 3.24. The molecule has 26 heavy (non-hydrogen) atoms. The summed E-state index contributed by atoms with van der Waals surface area (Å²) >= 11 is 5.02. The average molecular weight is 369 g/mol. The first-order valence-corrected chi connectivity index (χ1v) is 8.28. The predicted octanol–water partition coefficient (Wildman–Crippen LogP) is 2.13. The Morgan fingerprint density at radius 2 is 1.73 bits per heavy atom. The van der Waals surface area contributed by atoms with Gasteiger partial charge in [0.05, 0.1) is 12.0 Å². The number of ether oxygens (including phenoxy) is 1. The van der Waals surface area contributed by atoms with Gasteiger partial charge in [0, 0.05) is 0 Å². The lowest BCUT2D eigenvalue weighted by Gasteiger charge is -2.13. The molecule has 0 saturated carbocycles. The summed E-state index contributed by atoms with van der Waals surface area (Å²) < 4.78 is 5.44. The van der Waals surface area contributed by atoms with E-state index in [4.69, 9.17) is 17.0 Å². The lowest BCUT2D eigenvalue weighted by Crippen LogP contribution is -2.48. The maximum Gasteiger partial charge on any atom is 0.273 e. The van der Waals surface area contributed by atoms with Crippen LogP contribution < -0.4 is 20.9 Å². The van der Waals surface area contributed by atoms with E-state index >= 15 is 0 Å². The predicted molar refractivity (Wildman–Crippen MR) is 104 cm³/mol. The molecule has 0 bridgehead atoms. The highest BCUT2D eigenvalue weighted by atomic mass is 32.1. The Bertz CT molecular complexity index is 794. The molecule has 0 fully saturated rings. The smallest absolute Gasteiger partial charge is 0.273 e. The summed E-state index contributed by atoms with van der Waals surface area (Å²) in [5.41, 5.74) is 6.14. The molecule has 0 saturated heterocycles. The highest BCUT2D eigenvalue weighted by molar-refractivity contribution is 7.80. The van der Waals surface area contributed by atoms with Crippen LogP contribution in [0.3, 0.4) is 0 Å². The van der Waals surface area contributed by atoms with Crippen LogP contribution in [0, 0.1) is 0 Å². The fourth-order valence-electron chi connectivity index (χ4n) is 2.09. The van der Waals surface area contributed by atoms with Gasteiger partial charge in [-0.15, -0.1) is 0 Å². The molecule has 0 heterocycles. The largest absolute Gasteiger partial charge is 0.489 e. The third-order valence-corrected chi connectivity index (χ3v) is 3.44. The van der Waals surface area contributed by atoms with Crippen molar-refractivity contribution in [1.29, 1.82) is 0 Å². The number of carbonyl (C=O) groups excluding carboxylic acids is 2. The van der Waals surface area contributed by atoms with Gasteiger partial charge in [-0.05, 0) is 29.9 Å². The van der Waals surface area contributed by atoms with E-state index in [1.807, 2.05) is 30.3 Å². The van der Waals surface area contributed by atoms with Crippen LogP contribution in [0.15, 0.2) is 67.3 Å². The molecule has 2 rings (SSSR count). The number of thiocarbonyl (C=S) groups is 1. The van der Waals surface area contributed by atoms with E-state index in [0.29, 0.717) is 11.3 Å². The molecular formula is C19H19N3O3S. The van der Waals surface area contributed by atoms with Crippen LogP contribution in [0.4, 0.5) is 0 Å². The normalized spacial score (nSPS) is 9.69. The molecule has 2 amide bonds. The van der Waals surface area contributed by atoms with E-state index in [0.717, 1.165) is 5.56 Å². The number of nitrogens with one attached hydrogen (secondary N) is 3. The van der Waals surface area contributed by atoms with E-state index in [1.165, 1.54) is 0 Å². The second-order valence-corrected chi connectivity index (χ2v) is 5.62. The molecule has 0 spiro atoms. The van der Waals surface area contributed by atoms with Crippen LogP contribution >= 0.6 is 12.2 Å². The van der Waals surface area contributed by atoms with Crippen LogP contribution in [0.1, 0.15) is 15.9 Å². The van der Waals surface area contributed by atoms with Gasteiger partial charge in [-0.2, -0.15) is 0 Å². The lowest BCUT2D eigenvalue weighted by atomic mass is 10.1. The first-order valence-electron chi connectivity index (χ1n) is 7.87. The van der Waals surface area contributed by atoms with E-state index in [-0.39, 0.29) is 24.0 Å². The summed E-state index contributed by atoms with van der Waals surface area (Å²) in [6.45, 7) is 3.86. The standard InChI is InChI=1S/C19H19N3O3S/c1-2-12-25-16-11-7-6-10-15(16)18(24)21-22-19(26)20-17(23)13-14-8-4-3-5-9-14/h2-11H,1,12-13H2,(H,21,24)(H2,20,22,23,26). The van der Waals surface area contributed by atoms with Crippen molar-refractivity contribution in [2.45, 2.75) is 6.42 Å². The molecule has 7 heteroatoms. The Hall–Kier alpha value is -3.19. The van der Waals surface area contributed by atoms with Gasteiger partial charge < -0.3 is 10.1 Å². The van der Waals surface area contributed by atoms with Crippen molar-refractivity contribution in [1.82, 2.24) is 16.2 Å². The van der Waals surface area contributed by atoms with Gasteiger partial charge in [0.25, 0.3) is 5.91 Å². The van der Waals surface area contributed by atoms with Crippen molar-refractivity contribution in [3.8, 4) is 5.75 Å². The van der Waals surface area contributed by atoms with Crippen molar-refractivity contribution in [2.75, 3.05) is 6.61 Å². The number of benzene rings is 2. The number of hydrogen-bond acceptors (Lipinski definition) is 4. The maximum absolute atomic E-state index is 12.3. The third kappa shape index (κ3) is 6.03. The molecule has 0 aliphatic heterocycles. The van der Waals surface area contributed by atoms with Crippen molar-refractivity contribution < 1.29 is 14.3 Å². The summed E-state index contributed by atoms with van der Waals surface area (Å²) in [5, 5.41) is 2.51. The first-order chi connectivity index (χ1) is 12.6. The minimum absolute atomic E-state index is 0.00349. The number of amides is 2. The Balaban J connectivity index is 1.84. The molecule has 6 nitrogen and oxygen atoms in total. The minimum Gasteiger partial charge on any atom is -0.489 e. The molecule has 0 atom stereocenters. The lowest BCUT2D eigenvalue weighted by molar-refractivity contribution is -0.119. The number of rotatable bonds is 6. The average Bonchev–Trinajstić information content (AvgIpc) is 2.65. The zero-order valence-corrected chi connectivity index (χ0v) is 14.8. The Morgan fingerprint density at radius 1 is 1.04 bits per heavy atom. The van der Waals surface area contributed by atoms with Crippen molar-refractivity contribution in [3.05, 3.63) is 78.4 Å². The highest BCUT2D eigenvalue weighted by Crippen LogP contribution is 2.17. The number of hydrogen-bond donors (Lipinski definition) is 3. The van der Waals surface area contributed by atoms with Crippen molar-refractivity contribution >= 4 is 29.1 Å². The number of para-hydroxylation sites is 1. The van der Waals surface area contributed by atoms with Gasteiger partial charge in [0.1, 0.15) is 12.4 Å². The van der Waals surface area contributed by atoms with Crippen LogP contribution in [0.5, 0.6) is 5.75 Å². The Labute approximate surface area is 157 Å². The quantitative estimate of drug-likeness (QED) is 0.413. The highest BCUT2D eigenvalue weighted by Gasteiger charge is 2.12. The molecule has 2 aromatic rings. The second kappa shape index (κ2) is 9.95. The summed E-state index contributed by atoms with van der Waals surface area (Å²) in [6.07, 6.45) is 1.78. The van der Waals surface area contributed by atoms with Gasteiger partial charge in [0.2, 0.25) is 5.91 Å².